The normalized spacial score (nSPS) is 11.8. The molecule has 7 nitrogen and oxygen atoms in total. The third-order valence-electron chi connectivity index (χ3n) is 4.48. The molecule has 0 aliphatic rings. The van der Waals surface area contributed by atoms with Crippen molar-refractivity contribution >= 4 is 20.7 Å². The molecular formula is C20H17N3O4S. The molecule has 2 heterocycles. The molecule has 0 saturated carbocycles. The summed E-state index contributed by atoms with van der Waals surface area (Å²) in [7, 11) is -3.54. The van der Waals surface area contributed by atoms with E-state index < -0.39 is 15.4 Å². The lowest BCUT2D eigenvalue weighted by Crippen LogP contribution is -2.27. The Hall–Kier alpha value is -3.26. The van der Waals surface area contributed by atoms with Crippen molar-refractivity contribution in [1.82, 2.24) is 14.9 Å². The van der Waals surface area contributed by atoms with Crippen LogP contribution in [0, 0.1) is 6.92 Å². The number of aromatic nitrogens is 3. The fraction of sp³-hybridized carbons (Fsp3) is 0.150. The van der Waals surface area contributed by atoms with Gasteiger partial charge in [0.15, 0.2) is 15.4 Å². The largest absolute Gasteiger partial charge is 0.360 e. The highest BCUT2D eigenvalue weighted by Gasteiger charge is 2.20. The Morgan fingerprint density at radius 2 is 1.64 bits per heavy atom. The minimum absolute atomic E-state index is 0.0856. The lowest BCUT2D eigenvalue weighted by atomic mass is 10.1. The maximum absolute atomic E-state index is 12.8. The second kappa shape index (κ2) is 7.05. The molecule has 142 valence electrons. The van der Waals surface area contributed by atoms with E-state index >= 15 is 0 Å². The molecule has 0 aliphatic heterocycles. The Morgan fingerprint density at radius 1 is 1.00 bits per heavy atom. The topological polar surface area (TPSA) is 95.1 Å². The summed E-state index contributed by atoms with van der Waals surface area (Å²) in [5.74, 6) is 0.239. The lowest BCUT2D eigenvalue weighted by molar-refractivity contribution is 0.405. The monoisotopic (exact) mass is 395 g/mol. The van der Waals surface area contributed by atoms with Crippen molar-refractivity contribution in [1.29, 1.82) is 0 Å². The summed E-state index contributed by atoms with van der Waals surface area (Å²) in [4.78, 5) is 13.0. The van der Waals surface area contributed by atoms with Gasteiger partial charge in [-0.3, -0.25) is 4.79 Å². The van der Waals surface area contributed by atoms with Crippen LogP contribution in [-0.4, -0.2) is 29.1 Å². The number of hydrogen-bond donors (Lipinski definition) is 0. The minimum atomic E-state index is -3.54. The van der Waals surface area contributed by atoms with E-state index in [0.717, 1.165) is 10.2 Å². The summed E-state index contributed by atoms with van der Waals surface area (Å²) in [6.45, 7) is 1.63. The van der Waals surface area contributed by atoms with E-state index in [1.165, 1.54) is 12.1 Å². The first-order valence-corrected chi connectivity index (χ1v) is 10.3. The Labute approximate surface area is 161 Å². The van der Waals surface area contributed by atoms with Gasteiger partial charge in [0.25, 0.3) is 5.56 Å². The van der Waals surface area contributed by atoms with Crippen LogP contribution in [0.3, 0.4) is 0 Å². The average Bonchev–Trinajstić information content (AvgIpc) is 3.11. The first-order chi connectivity index (χ1) is 13.5. The summed E-state index contributed by atoms with van der Waals surface area (Å²) in [6.07, 6.45) is 0. The molecule has 0 amide bonds. The van der Waals surface area contributed by atoms with Crippen LogP contribution in [-0.2, 0) is 16.4 Å². The third-order valence-corrected chi connectivity index (χ3v) is 6.19. The number of fused-ring (bicyclic) bond motifs is 1. The molecule has 2 aromatic carbocycles. The van der Waals surface area contributed by atoms with Gasteiger partial charge in [-0.15, -0.1) is 0 Å². The highest BCUT2D eigenvalue weighted by Crippen LogP contribution is 2.26. The highest BCUT2D eigenvalue weighted by molar-refractivity contribution is 7.91. The molecule has 4 aromatic rings. The predicted octanol–water partition coefficient (Wildman–Crippen LogP) is 2.83. The van der Waals surface area contributed by atoms with Gasteiger partial charge in [-0.05, 0) is 19.1 Å². The fourth-order valence-electron chi connectivity index (χ4n) is 3.04. The molecule has 0 aliphatic carbocycles. The minimum Gasteiger partial charge on any atom is -0.360 e. The molecule has 28 heavy (non-hydrogen) atoms. The van der Waals surface area contributed by atoms with Gasteiger partial charge in [0.1, 0.15) is 11.5 Å². The molecule has 2 aromatic heterocycles. The third kappa shape index (κ3) is 3.22. The second-order valence-corrected chi connectivity index (χ2v) is 8.45. The smallest absolute Gasteiger partial charge is 0.296 e. The first-order valence-electron chi connectivity index (χ1n) is 8.68. The molecule has 0 radical (unpaired) electrons. The molecule has 8 heteroatoms. The predicted molar refractivity (Wildman–Crippen MR) is 105 cm³/mol. The van der Waals surface area contributed by atoms with Crippen molar-refractivity contribution in [3.63, 3.8) is 0 Å². The number of rotatable bonds is 5. The van der Waals surface area contributed by atoms with E-state index in [9.17, 15) is 13.2 Å². The summed E-state index contributed by atoms with van der Waals surface area (Å²) in [6, 6.07) is 17.5. The number of nitrogens with zero attached hydrogens (tertiary/aromatic N) is 3. The van der Waals surface area contributed by atoms with Crippen molar-refractivity contribution in [2.75, 3.05) is 5.75 Å². The Kier molecular flexibility index (Phi) is 4.56. The maximum atomic E-state index is 12.8. The van der Waals surface area contributed by atoms with Gasteiger partial charge in [-0.2, -0.15) is 5.10 Å². The van der Waals surface area contributed by atoms with Crippen molar-refractivity contribution in [3.05, 3.63) is 76.8 Å². The number of hydrogen-bond acceptors (Lipinski definition) is 6. The number of aryl methyl sites for hydroxylation is 2. The zero-order chi connectivity index (χ0) is 19.7. The van der Waals surface area contributed by atoms with Gasteiger partial charge in [-0.1, -0.05) is 53.7 Å². The zero-order valence-corrected chi connectivity index (χ0v) is 15.9. The van der Waals surface area contributed by atoms with E-state index in [0.29, 0.717) is 16.8 Å². The molecule has 0 bridgehead atoms. The Bertz CT molecular complexity index is 1290. The van der Waals surface area contributed by atoms with E-state index in [-0.39, 0.29) is 22.7 Å². The highest BCUT2D eigenvalue weighted by atomic mass is 32.2. The van der Waals surface area contributed by atoms with Gasteiger partial charge >= 0.3 is 0 Å². The average molecular weight is 395 g/mol. The van der Waals surface area contributed by atoms with Gasteiger partial charge in [0.2, 0.25) is 0 Å². The summed E-state index contributed by atoms with van der Waals surface area (Å²) in [5.41, 5.74) is 0.989. The van der Waals surface area contributed by atoms with Gasteiger partial charge in [0.05, 0.1) is 22.6 Å². The quantitative estimate of drug-likeness (QED) is 0.516. The molecule has 0 saturated heterocycles. The van der Waals surface area contributed by atoms with Crippen LogP contribution in [0.1, 0.15) is 5.76 Å². The SMILES string of the molecule is Cc1onc2c(=O)n(CCS(=O)(=O)c3ccccc3)nc(-c3ccccc3)c12. The van der Waals surface area contributed by atoms with Gasteiger partial charge < -0.3 is 4.52 Å². The molecule has 0 unspecified atom stereocenters. The standard InChI is InChI=1S/C20H17N3O4S/c1-14-17-18(15-8-4-2-5-9-15)21-23(20(24)19(17)22-27-14)12-13-28(25,26)16-10-6-3-7-11-16/h2-11H,12-13H2,1H3. The van der Waals surface area contributed by atoms with Crippen molar-refractivity contribution in [3.8, 4) is 11.3 Å². The molecule has 4 rings (SSSR count). The van der Waals surface area contributed by atoms with Crippen LogP contribution in [0.5, 0.6) is 0 Å². The van der Waals surface area contributed by atoms with E-state index in [1.807, 2.05) is 30.3 Å². The molecule has 0 N–H and O–H groups in total. The second-order valence-electron chi connectivity index (χ2n) is 6.34. The molecular weight excluding hydrogens is 378 g/mol. The van der Waals surface area contributed by atoms with E-state index in [2.05, 4.69) is 10.3 Å². The zero-order valence-electron chi connectivity index (χ0n) is 15.1. The lowest BCUT2D eigenvalue weighted by Gasteiger charge is -2.09. The van der Waals surface area contributed by atoms with Crippen LogP contribution in [0.15, 0.2) is 74.9 Å². The van der Waals surface area contributed by atoms with Crippen molar-refractivity contribution in [2.24, 2.45) is 0 Å². The van der Waals surface area contributed by atoms with Crippen LogP contribution in [0.25, 0.3) is 22.2 Å². The van der Waals surface area contributed by atoms with Crippen molar-refractivity contribution < 1.29 is 12.9 Å². The van der Waals surface area contributed by atoms with E-state index in [1.54, 1.807) is 25.1 Å². The molecule has 0 atom stereocenters. The fourth-order valence-corrected chi connectivity index (χ4v) is 4.26. The molecule has 0 fully saturated rings. The first kappa shape index (κ1) is 18.1. The maximum Gasteiger partial charge on any atom is 0.296 e. The number of benzene rings is 2. The molecule has 0 spiro atoms. The summed E-state index contributed by atoms with van der Waals surface area (Å²) in [5, 5.41) is 8.85. The Morgan fingerprint density at radius 3 is 2.32 bits per heavy atom. The van der Waals surface area contributed by atoms with Crippen LogP contribution in [0.4, 0.5) is 0 Å². The summed E-state index contributed by atoms with van der Waals surface area (Å²) >= 11 is 0. The van der Waals surface area contributed by atoms with E-state index in [4.69, 9.17) is 4.52 Å². The van der Waals surface area contributed by atoms with Crippen LogP contribution >= 0.6 is 0 Å². The van der Waals surface area contributed by atoms with Crippen molar-refractivity contribution in [2.45, 2.75) is 18.4 Å². The van der Waals surface area contributed by atoms with Crippen LogP contribution in [0.2, 0.25) is 0 Å². The van der Waals surface area contributed by atoms with Crippen LogP contribution < -0.4 is 5.56 Å². The van der Waals surface area contributed by atoms with Gasteiger partial charge in [0, 0.05) is 5.56 Å². The van der Waals surface area contributed by atoms with Gasteiger partial charge in [-0.25, -0.2) is 13.1 Å². The Balaban J connectivity index is 1.78. The number of sulfone groups is 1. The summed E-state index contributed by atoms with van der Waals surface area (Å²) < 4.78 is 31.5.